The predicted octanol–water partition coefficient (Wildman–Crippen LogP) is 2.37. The summed E-state index contributed by atoms with van der Waals surface area (Å²) in [7, 11) is -1.29. The molecular weight excluding hydrogens is 263 g/mol. The number of nitrogens with zero attached hydrogens (tertiary/aromatic N) is 2. The van der Waals surface area contributed by atoms with Crippen molar-refractivity contribution in [2.45, 2.75) is 58.0 Å². The molecule has 0 unspecified atom stereocenters. The quantitative estimate of drug-likeness (QED) is 0.786. The third kappa shape index (κ3) is 2.81. The van der Waals surface area contributed by atoms with Gasteiger partial charge in [0.05, 0.1) is 15.3 Å². The van der Waals surface area contributed by atoms with Crippen molar-refractivity contribution in [2.75, 3.05) is 17.9 Å². The number of anilines is 1. The van der Waals surface area contributed by atoms with Crippen molar-refractivity contribution in [3.05, 3.63) is 18.3 Å². The van der Waals surface area contributed by atoms with Crippen LogP contribution in [0, 0.1) is 0 Å². The molecule has 1 aromatic rings. The van der Waals surface area contributed by atoms with E-state index in [0.717, 1.165) is 0 Å². The molecule has 2 aliphatic heterocycles. The van der Waals surface area contributed by atoms with Crippen LogP contribution in [0.1, 0.15) is 64.6 Å². The SMILES string of the molecule is [2H]c1nc(N2C([2H])([2H])C([2H])([2H])C([2H])([2H])C([2H])([2H])C2([2H])[2H])c([2H])c([2H])c1B1OC(C)(C)C(C)(C)O1. The van der Waals surface area contributed by atoms with E-state index in [-0.39, 0.29) is 10.4 Å². The maximum absolute atomic E-state index is 8.41. The third-order valence-corrected chi connectivity index (χ3v) is 3.75. The molecule has 2 saturated heterocycles. The van der Waals surface area contributed by atoms with Gasteiger partial charge in [-0.2, -0.15) is 0 Å². The van der Waals surface area contributed by atoms with Crippen molar-refractivity contribution in [3.8, 4) is 0 Å². The summed E-state index contributed by atoms with van der Waals surface area (Å²) >= 11 is 0. The summed E-state index contributed by atoms with van der Waals surface area (Å²) in [5.41, 5.74) is -2.01. The van der Waals surface area contributed by atoms with Crippen LogP contribution in [0.15, 0.2) is 18.3 Å². The summed E-state index contributed by atoms with van der Waals surface area (Å²) in [6.45, 7) is -0.257. The van der Waals surface area contributed by atoms with Crippen molar-refractivity contribution >= 4 is 18.4 Å². The van der Waals surface area contributed by atoms with E-state index in [4.69, 9.17) is 27.1 Å². The number of aromatic nitrogens is 1. The van der Waals surface area contributed by atoms with Gasteiger partial charge in [0, 0.05) is 38.3 Å². The second-order valence-electron chi connectivity index (χ2n) is 5.73. The molecule has 0 aliphatic carbocycles. The summed E-state index contributed by atoms with van der Waals surface area (Å²) in [6.07, 6.45) is -11.6. The number of piperidine rings is 1. The van der Waals surface area contributed by atoms with Crippen LogP contribution in [0.4, 0.5) is 5.82 Å². The first-order valence-corrected chi connectivity index (χ1v) is 6.54. The van der Waals surface area contributed by atoms with E-state index in [1.807, 2.05) is 0 Å². The van der Waals surface area contributed by atoms with Crippen LogP contribution in [-0.4, -0.2) is 36.3 Å². The molecule has 2 aliphatic rings. The summed E-state index contributed by atoms with van der Waals surface area (Å²) in [4.78, 5) is 3.64. The second kappa shape index (κ2) is 5.29. The van der Waals surface area contributed by atoms with Crippen molar-refractivity contribution < 1.29 is 27.1 Å². The van der Waals surface area contributed by atoms with Gasteiger partial charge >= 0.3 is 7.12 Å². The lowest BCUT2D eigenvalue weighted by atomic mass is 9.80. The van der Waals surface area contributed by atoms with E-state index in [1.165, 1.54) is 0 Å². The van der Waals surface area contributed by atoms with Gasteiger partial charge in [-0.25, -0.2) is 4.98 Å². The maximum Gasteiger partial charge on any atom is 0.496 e. The van der Waals surface area contributed by atoms with Gasteiger partial charge in [-0.05, 0) is 52.9 Å². The van der Waals surface area contributed by atoms with Crippen LogP contribution in [0.2, 0.25) is 0 Å². The van der Waals surface area contributed by atoms with Crippen LogP contribution < -0.4 is 10.4 Å². The fourth-order valence-corrected chi connectivity index (χ4v) is 1.80. The molecule has 2 fully saturated rings. The minimum Gasteiger partial charge on any atom is -0.399 e. The molecule has 0 N–H and O–H groups in total. The van der Waals surface area contributed by atoms with E-state index < -0.39 is 74.5 Å². The Morgan fingerprint density at radius 3 is 2.38 bits per heavy atom. The van der Waals surface area contributed by atoms with E-state index in [0.29, 0.717) is 0 Å². The highest BCUT2D eigenvalue weighted by Gasteiger charge is 2.51. The van der Waals surface area contributed by atoms with Crippen molar-refractivity contribution in [1.82, 2.24) is 4.98 Å². The lowest BCUT2D eigenvalue weighted by molar-refractivity contribution is 0.00578. The lowest BCUT2D eigenvalue weighted by Crippen LogP contribution is -2.41. The molecule has 0 amide bonds. The second-order valence-corrected chi connectivity index (χ2v) is 5.73. The van der Waals surface area contributed by atoms with Gasteiger partial charge < -0.3 is 14.2 Å². The Morgan fingerprint density at radius 2 is 1.76 bits per heavy atom. The molecule has 5 heteroatoms. The van der Waals surface area contributed by atoms with Gasteiger partial charge in [0.15, 0.2) is 0 Å². The average Bonchev–Trinajstić information content (AvgIpc) is 2.84. The molecule has 3 heterocycles. The van der Waals surface area contributed by atoms with Gasteiger partial charge in [0.1, 0.15) is 5.82 Å². The summed E-state index contributed by atoms with van der Waals surface area (Å²) in [5.74, 6) is -1.02. The Kier molecular flexibility index (Phi) is 1.47. The number of pyridine rings is 1. The van der Waals surface area contributed by atoms with E-state index >= 15 is 0 Å². The van der Waals surface area contributed by atoms with Crippen LogP contribution in [-0.2, 0) is 9.31 Å². The standard InChI is InChI=1S/C16H25BN2O2/c1-15(2)16(3,4)21-17(20-15)13-8-9-14(18-12-13)19-10-6-5-7-11-19/h8-9,12H,5-7,10-11H2,1-4H3/i5D2,6D2,7D2,8D,9D,10D2,11D2,12D. The van der Waals surface area contributed by atoms with Crippen LogP contribution in [0.3, 0.4) is 0 Å². The summed E-state index contributed by atoms with van der Waals surface area (Å²) in [6, 6.07) is -1.66. The molecule has 0 spiro atoms. The van der Waals surface area contributed by atoms with E-state index in [9.17, 15) is 0 Å². The fourth-order valence-electron chi connectivity index (χ4n) is 1.80. The van der Waals surface area contributed by atoms with Gasteiger partial charge in [-0.15, -0.1) is 0 Å². The Hall–Kier alpha value is -1.07. The normalized spacial score (nSPS) is 45.4. The van der Waals surface area contributed by atoms with Crippen LogP contribution >= 0.6 is 0 Å². The molecule has 0 aromatic carbocycles. The van der Waals surface area contributed by atoms with Crippen molar-refractivity contribution in [1.29, 1.82) is 0 Å². The minimum absolute atomic E-state index is 0.117. The highest BCUT2D eigenvalue weighted by atomic mass is 16.7. The first kappa shape index (κ1) is 5.86. The Labute approximate surface area is 146 Å². The van der Waals surface area contributed by atoms with Crippen molar-refractivity contribution in [2.24, 2.45) is 0 Å². The first-order chi connectivity index (χ1) is 14.9. The van der Waals surface area contributed by atoms with Crippen molar-refractivity contribution in [3.63, 3.8) is 0 Å². The van der Waals surface area contributed by atoms with Crippen LogP contribution in [0.25, 0.3) is 0 Å². The molecule has 3 rings (SSSR count). The fraction of sp³-hybridized carbons (Fsp3) is 0.688. The zero-order valence-corrected chi connectivity index (χ0v) is 12.3. The maximum atomic E-state index is 8.41. The number of rotatable bonds is 2. The highest BCUT2D eigenvalue weighted by Crippen LogP contribution is 2.36. The first-order valence-electron chi connectivity index (χ1n) is 13.0. The summed E-state index contributed by atoms with van der Waals surface area (Å²) in [5, 5.41) is 0. The minimum atomic E-state index is -3.64. The molecule has 0 saturated carbocycles. The Balaban J connectivity index is 2.25. The van der Waals surface area contributed by atoms with E-state index in [2.05, 4.69) is 4.98 Å². The molecule has 21 heavy (non-hydrogen) atoms. The monoisotopic (exact) mass is 301 g/mol. The predicted molar refractivity (Wildman–Crippen MR) is 86.0 cm³/mol. The third-order valence-electron chi connectivity index (χ3n) is 3.75. The van der Waals surface area contributed by atoms with Gasteiger partial charge in [-0.1, -0.05) is 6.04 Å². The molecule has 114 valence electrons. The van der Waals surface area contributed by atoms with Gasteiger partial charge in [0.2, 0.25) is 0 Å². The molecule has 0 bridgehead atoms. The smallest absolute Gasteiger partial charge is 0.399 e. The van der Waals surface area contributed by atoms with Gasteiger partial charge in [0.25, 0.3) is 0 Å². The number of hydrogen-bond acceptors (Lipinski definition) is 4. The summed E-state index contributed by atoms with van der Waals surface area (Å²) < 4.78 is 118. The molecule has 4 nitrogen and oxygen atoms in total. The largest absolute Gasteiger partial charge is 0.496 e. The Morgan fingerprint density at radius 1 is 1.14 bits per heavy atom. The topological polar surface area (TPSA) is 34.6 Å². The molecule has 0 radical (unpaired) electrons. The molecular formula is C16H25BN2O2. The lowest BCUT2D eigenvalue weighted by Gasteiger charge is -2.32. The zero-order valence-electron chi connectivity index (χ0n) is 25.3. The zero-order chi connectivity index (χ0) is 26.7. The van der Waals surface area contributed by atoms with E-state index in [1.54, 1.807) is 27.7 Å². The molecule has 0 atom stereocenters. The number of hydrogen-bond donors (Lipinski definition) is 0. The highest BCUT2D eigenvalue weighted by molar-refractivity contribution is 6.62. The van der Waals surface area contributed by atoms with Gasteiger partial charge in [-0.3, -0.25) is 0 Å². The van der Waals surface area contributed by atoms with Crippen LogP contribution in [0.5, 0.6) is 0 Å². The molecule has 1 aromatic heterocycles. The Bertz CT molecular complexity index is 985. The average molecular weight is 301 g/mol.